The smallest absolute Gasteiger partial charge is 0.315 e. The van der Waals surface area contributed by atoms with Crippen LogP contribution >= 0.6 is 0 Å². The van der Waals surface area contributed by atoms with Crippen LogP contribution in [0, 0.1) is 5.92 Å². The molecule has 1 atom stereocenters. The molecule has 0 saturated heterocycles. The molecule has 0 bridgehead atoms. The van der Waals surface area contributed by atoms with E-state index in [1.807, 2.05) is 13.8 Å². The van der Waals surface area contributed by atoms with E-state index in [4.69, 9.17) is 0 Å². The zero-order valence-corrected chi connectivity index (χ0v) is 11.7. The van der Waals surface area contributed by atoms with E-state index in [0.29, 0.717) is 12.5 Å². The van der Waals surface area contributed by atoms with Crippen molar-refractivity contribution in [3.05, 3.63) is 0 Å². The normalized spacial score (nSPS) is 14.5. The van der Waals surface area contributed by atoms with Crippen LogP contribution in [-0.4, -0.2) is 29.8 Å². The van der Waals surface area contributed by atoms with E-state index in [2.05, 4.69) is 24.5 Å². The van der Waals surface area contributed by atoms with Crippen LogP contribution in [0.3, 0.4) is 0 Å². The number of amides is 2. The topological polar surface area (TPSA) is 61.4 Å². The molecule has 4 nitrogen and oxygen atoms in total. The Kier molecular flexibility index (Phi) is 7.96. The minimum atomic E-state index is -0.503. The molecule has 0 fully saturated rings. The minimum Gasteiger partial charge on any atom is -0.394 e. The second-order valence-electron chi connectivity index (χ2n) is 5.39. The molecule has 0 aliphatic heterocycles. The van der Waals surface area contributed by atoms with Gasteiger partial charge in [-0.15, -0.1) is 0 Å². The maximum Gasteiger partial charge on any atom is 0.315 e. The monoisotopic (exact) mass is 244 g/mol. The third-order valence-electron chi connectivity index (χ3n) is 2.81. The first-order valence-corrected chi connectivity index (χ1v) is 6.60. The largest absolute Gasteiger partial charge is 0.394 e. The summed E-state index contributed by atoms with van der Waals surface area (Å²) < 4.78 is 0. The van der Waals surface area contributed by atoms with E-state index < -0.39 is 5.54 Å². The zero-order chi connectivity index (χ0) is 13.3. The summed E-state index contributed by atoms with van der Waals surface area (Å²) in [5, 5.41) is 14.9. The number of rotatable bonds is 8. The van der Waals surface area contributed by atoms with Crippen LogP contribution in [-0.2, 0) is 0 Å². The molecule has 0 aliphatic carbocycles. The fourth-order valence-corrected chi connectivity index (χ4v) is 1.76. The highest BCUT2D eigenvalue weighted by molar-refractivity contribution is 5.74. The van der Waals surface area contributed by atoms with Crippen LogP contribution in [0.2, 0.25) is 0 Å². The Bertz CT molecular complexity index is 219. The Morgan fingerprint density at radius 2 is 2.06 bits per heavy atom. The van der Waals surface area contributed by atoms with Crippen molar-refractivity contribution in [2.24, 2.45) is 5.92 Å². The average Bonchev–Trinajstić information content (AvgIpc) is 2.24. The van der Waals surface area contributed by atoms with E-state index in [-0.39, 0.29) is 12.6 Å². The number of carbonyl (C=O) groups excluding carboxylic acids is 1. The number of hydrogen-bond donors (Lipinski definition) is 3. The van der Waals surface area contributed by atoms with Gasteiger partial charge in [0.25, 0.3) is 0 Å². The molecular formula is C13H28N2O2. The van der Waals surface area contributed by atoms with Crippen LogP contribution in [0.5, 0.6) is 0 Å². The zero-order valence-electron chi connectivity index (χ0n) is 11.7. The van der Waals surface area contributed by atoms with E-state index in [1.165, 1.54) is 0 Å². The molecule has 0 aromatic heterocycles. The number of aliphatic hydroxyl groups excluding tert-OH is 1. The second-order valence-corrected chi connectivity index (χ2v) is 5.39. The molecule has 17 heavy (non-hydrogen) atoms. The van der Waals surface area contributed by atoms with Gasteiger partial charge >= 0.3 is 6.03 Å². The quantitative estimate of drug-likeness (QED) is 0.574. The van der Waals surface area contributed by atoms with Gasteiger partial charge in [0.1, 0.15) is 0 Å². The molecule has 0 aromatic carbocycles. The molecule has 2 amide bonds. The van der Waals surface area contributed by atoms with E-state index in [9.17, 15) is 9.90 Å². The van der Waals surface area contributed by atoms with Crippen LogP contribution in [0.1, 0.15) is 53.4 Å². The summed E-state index contributed by atoms with van der Waals surface area (Å²) in [4.78, 5) is 11.6. The fraction of sp³-hybridized carbons (Fsp3) is 0.923. The van der Waals surface area contributed by atoms with Crippen LogP contribution < -0.4 is 10.6 Å². The first kappa shape index (κ1) is 16.2. The van der Waals surface area contributed by atoms with E-state index in [1.54, 1.807) is 0 Å². The molecular weight excluding hydrogens is 216 g/mol. The molecule has 0 aromatic rings. The second kappa shape index (κ2) is 8.34. The summed E-state index contributed by atoms with van der Waals surface area (Å²) in [7, 11) is 0. The van der Waals surface area contributed by atoms with Gasteiger partial charge in [0.2, 0.25) is 0 Å². The van der Waals surface area contributed by atoms with Crippen LogP contribution in [0.15, 0.2) is 0 Å². The summed E-state index contributed by atoms with van der Waals surface area (Å²) >= 11 is 0. The van der Waals surface area contributed by atoms with Gasteiger partial charge in [-0.25, -0.2) is 4.79 Å². The van der Waals surface area contributed by atoms with Crippen molar-refractivity contribution < 1.29 is 9.90 Å². The molecule has 1 unspecified atom stereocenters. The maximum absolute atomic E-state index is 11.6. The van der Waals surface area contributed by atoms with Crippen molar-refractivity contribution >= 4 is 6.03 Å². The van der Waals surface area contributed by atoms with Gasteiger partial charge in [0.15, 0.2) is 0 Å². The lowest BCUT2D eigenvalue weighted by atomic mass is 9.98. The molecule has 4 heteroatoms. The fourth-order valence-electron chi connectivity index (χ4n) is 1.76. The lowest BCUT2D eigenvalue weighted by Crippen LogP contribution is -2.52. The predicted molar refractivity (Wildman–Crippen MR) is 71.0 cm³/mol. The third kappa shape index (κ3) is 8.02. The highest BCUT2D eigenvalue weighted by Gasteiger charge is 2.23. The van der Waals surface area contributed by atoms with Gasteiger partial charge in [0, 0.05) is 6.54 Å². The van der Waals surface area contributed by atoms with E-state index >= 15 is 0 Å². The summed E-state index contributed by atoms with van der Waals surface area (Å²) in [5.74, 6) is 0.669. The molecule has 3 N–H and O–H groups in total. The van der Waals surface area contributed by atoms with Gasteiger partial charge in [-0.3, -0.25) is 0 Å². The Morgan fingerprint density at radius 1 is 1.41 bits per heavy atom. The van der Waals surface area contributed by atoms with Crippen molar-refractivity contribution in [1.82, 2.24) is 10.6 Å². The summed E-state index contributed by atoms with van der Waals surface area (Å²) in [6.07, 6.45) is 3.83. The van der Waals surface area contributed by atoms with Crippen molar-refractivity contribution in [1.29, 1.82) is 0 Å². The van der Waals surface area contributed by atoms with Crippen molar-refractivity contribution in [3.8, 4) is 0 Å². The van der Waals surface area contributed by atoms with Gasteiger partial charge in [-0.1, -0.05) is 27.2 Å². The molecule has 0 spiro atoms. The summed E-state index contributed by atoms with van der Waals surface area (Å²) in [6.45, 7) is 8.91. The van der Waals surface area contributed by atoms with Crippen molar-refractivity contribution in [3.63, 3.8) is 0 Å². The first-order valence-electron chi connectivity index (χ1n) is 6.60. The molecule has 102 valence electrons. The molecule has 0 saturated carbocycles. The highest BCUT2D eigenvalue weighted by atomic mass is 16.3. The standard InChI is InChI=1S/C13H28N2O2/c1-5-8-13(4,10-16)15-12(17)14-9-6-7-11(2)3/h11,16H,5-10H2,1-4H3,(H2,14,15,17). The summed E-state index contributed by atoms with van der Waals surface area (Å²) in [5.41, 5.74) is -0.503. The number of urea groups is 1. The number of carbonyl (C=O) groups is 1. The lowest BCUT2D eigenvalue weighted by Gasteiger charge is -2.28. The van der Waals surface area contributed by atoms with Gasteiger partial charge in [-0.05, 0) is 32.1 Å². The molecule has 0 radical (unpaired) electrons. The minimum absolute atomic E-state index is 0.0275. The van der Waals surface area contributed by atoms with Gasteiger partial charge in [0.05, 0.1) is 12.1 Å². The summed E-state index contributed by atoms with van der Waals surface area (Å²) in [6, 6.07) is -0.182. The number of aliphatic hydroxyl groups is 1. The maximum atomic E-state index is 11.6. The Labute approximate surface area is 105 Å². The number of hydrogen-bond acceptors (Lipinski definition) is 2. The SMILES string of the molecule is CCCC(C)(CO)NC(=O)NCCCC(C)C. The molecule has 0 heterocycles. The third-order valence-corrected chi connectivity index (χ3v) is 2.81. The first-order chi connectivity index (χ1) is 7.93. The molecule has 0 rings (SSSR count). The van der Waals surface area contributed by atoms with Gasteiger partial charge in [-0.2, -0.15) is 0 Å². The predicted octanol–water partition coefficient (Wildman–Crippen LogP) is 2.27. The van der Waals surface area contributed by atoms with Gasteiger partial charge < -0.3 is 15.7 Å². The van der Waals surface area contributed by atoms with Crippen LogP contribution in [0.4, 0.5) is 4.79 Å². The lowest BCUT2D eigenvalue weighted by molar-refractivity contribution is 0.163. The Morgan fingerprint density at radius 3 is 2.53 bits per heavy atom. The Hall–Kier alpha value is -0.770. The van der Waals surface area contributed by atoms with Crippen LogP contribution in [0.25, 0.3) is 0 Å². The Balaban J connectivity index is 3.83. The number of nitrogens with one attached hydrogen (secondary N) is 2. The average molecular weight is 244 g/mol. The van der Waals surface area contributed by atoms with Crippen molar-refractivity contribution in [2.45, 2.75) is 58.9 Å². The molecule has 0 aliphatic rings. The highest BCUT2D eigenvalue weighted by Crippen LogP contribution is 2.10. The van der Waals surface area contributed by atoms with Crippen molar-refractivity contribution in [2.75, 3.05) is 13.2 Å². The van der Waals surface area contributed by atoms with E-state index in [0.717, 1.165) is 25.7 Å².